The van der Waals surface area contributed by atoms with Crippen molar-refractivity contribution >= 4 is 28.9 Å². The molecule has 0 aromatic heterocycles. The Hall–Kier alpha value is -2.67. The smallest absolute Gasteiger partial charge is 0.269 e. The number of nitrogens with one attached hydrogen (secondary N) is 3. The first-order chi connectivity index (χ1) is 12.1. The van der Waals surface area contributed by atoms with Crippen molar-refractivity contribution < 1.29 is 13.9 Å². The van der Waals surface area contributed by atoms with Crippen LogP contribution in [0.1, 0.15) is 30.1 Å². The number of benzene rings is 2. The maximum absolute atomic E-state index is 13.5. The van der Waals surface area contributed by atoms with Gasteiger partial charge in [-0.25, -0.2) is 4.39 Å². The Morgan fingerprint density at radius 3 is 2.52 bits per heavy atom. The largest absolute Gasteiger partial charge is 0.494 e. The topological polar surface area (TPSA) is 62.4 Å². The fourth-order valence-electron chi connectivity index (χ4n) is 1.94. The molecule has 0 aliphatic heterocycles. The molecule has 0 saturated heterocycles. The van der Waals surface area contributed by atoms with Crippen molar-refractivity contribution in [1.82, 2.24) is 10.9 Å². The molecule has 0 aliphatic carbocycles. The van der Waals surface area contributed by atoms with Gasteiger partial charge in [-0.1, -0.05) is 25.5 Å². The van der Waals surface area contributed by atoms with Crippen molar-refractivity contribution in [3.8, 4) is 5.75 Å². The molecule has 0 radical (unpaired) electrons. The average Bonchev–Trinajstić information content (AvgIpc) is 2.62. The van der Waals surface area contributed by atoms with E-state index in [1.165, 1.54) is 6.07 Å². The van der Waals surface area contributed by atoms with E-state index in [4.69, 9.17) is 17.0 Å². The standard InChI is InChI=1S/C18H20FN3O2S/c1-2-3-12-24-14-10-8-13(9-11-14)17(23)21-22-18(25)20-16-7-5-4-6-15(16)19/h4-11H,2-3,12H2,1H3,(H,21,23)(H2,20,22,25). The van der Waals surface area contributed by atoms with Gasteiger partial charge < -0.3 is 10.1 Å². The molecule has 132 valence electrons. The van der Waals surface area contributed by atoms with E-state index < -0.39 is 5.82 Å². The zero-order chi connectivity index (χ0) is 18.1. The third-order valence-corrected chi connectivity index (χ3v) is 3.50. The third kappa shape index (κ3) is 6.04. The summed E-state index contributed by atoms with van der Waals surface area (Å²) in [7, 11) is 0. The van der Waals surface area contributed by atoms with Gasteiger partial charge in [-0.2, -0.15) is 0 Å². The lowest BCUT2D eigenvalue weighted by atomic mass is 10.2. The number of ether oxygens (including phenoxy) is 1. The van der Waals surface area contributed by atoms with Crippen molar-refractivity contribution in [2.75, 3.05) is 11.9 Å². The minimum Gasteiger partial charge on any atom is -0.494 e. The molecule has 0 fully saturated rings. The molecule has 0 atom stereocenters. The molecule has 0 aliphatic rings. The summed E-state index contributed by atoms with van der Waals surface area (Å²) in [5, 5.41) is 2.75. The second-order valence-electron chi connectivity index (χ2n) is 5.24. The zero-order valence-corrected chi connectivity index (χ0v) is 14.7. The van der Waals surface area contributed by atoms with Crippen molar-refractivity contribution in [2.45, 2.75) is 19.8 Å². The van der Waals surface area contributed by atoms with Gasteiger partial charge in [-0.15, -0.1) is 0 Å². The van der Waals surface area contributed by atoms with E-state index in [9.17, 15) is 9.18 Å². The zero-order valence-electron chi connectivity index (χ0n) is 13.8. The van der Waals surface area contributed by atoms with Crippen molar-refractivity contribution in [2.24, 2.45) is 0 Å². The van der Waals surface area contributed by atoms with Gasteiger partial charge >= 0.3 is 0 Å². The van der Waals surface area contributed by atoms with Crippen molar-refractivity contribution in [3.05, 3.63) is 59.9 Å². The SMILES string of the molecule is CCCCOc1ccc(C(=O)NNC(=S)Nc2ccccc2F)cc1. The highest BCUT2D eigenvalue weighted by molar-refractivity contribution is 7.80. The normalized spacial score (nSPS) is 10.0. The Balaban J connectivity index is 1.81. The molecule has 25 heavy (non-hydrogen) atoms. The summed E-state index contributed by atoms with van der Waals surface area (Å²) in [6.45, 7) is 2.74. The molecule has 0 heterocycles. The van der Waals surface area contributed by atoms with E-state index >= 15 is 0 Å². The van der Waals surface area contributed by atoms with Gasteiger partial charge in [0.2, 0.25) is 0 Å². The number of halogens is 1. The van der Waals surface area contributed by atoms with Crippen molar-refractivity contribution in [1.29, 1.82) is 0 Å². The molecule has 0 bridgehead atoms. The average molecular weight is 361 g/mol. The van der Waals surface area contributed by atoms with Crippen LogP contribution in [-0.2, 0) is 0 Å². The van der Waals surface area contributed by atoms with Crippen LogP contribution in [0.5, 0.6) is 5.75 Å². The fourth-order valence-corrected chi connectivity index (χ4v) is 2.10. The summed E-state index contributed by atoms with van der Waals surface area (Å²) in [5.41, 5.74) is 5.66. The van der Waals surface area contributed by atoms with E-state index in [1.807, 2.05) is 0 Å². The number of hydrogen-bond acceptors (Lipinski definition) is 3. The van der Waals surface area contributed by atoms with E-state index in [0.717, 1.165) is 18.6 Å². The Kier molecular flexibility index (Phi) is 7.16. The second kappa shape index (κ2) is 9.58. The number of para-hydroxylation sites is 1. The predicted molar refractivity (Wildman–Crippen MR) is 100 cm³/mol. The van der Waals surface area contributed by atoms with Gasteiger partial charge in [0.05, 0.1) is 12.3 Å². The minimum atomic E-state index is -0.434. The fraction of sp³-hybridized carbons (Fsp3) is 0.222. The highest BCUT2D eigenvalue weighted by Gasteiger charge is 2.07. The summed E-state index contributed by atoms with van der Waals surface area (Å²) in [6.07, 6.45) is 2.05. The van der Waals surface area contributed by atoms with Crippen LogP contribution in [0.2, 0.25) is 0 Å². The molecule has 2 rings (SSSR count). The van der Waals surface area contributed by atoms with Crippen LogP contribution in [0.15, 0.2) is 48.5 Å². The first-order valence-electron chi connectivity index (χ1n) is 7.95. The lowest BCUT2D eigenvalue weighted by molar-refractivity contribution is 0.0944. The molecule has 2 aromatic carbocycles. The van der Waals surface area contributed by atoms with E-state index in [2.05, 4.69) is 23.1 Å². The van der Waals surface area contributed by atoms with E-state index in [0.29, 0.717) is 12.2 Å². The number of carbonyl (C=O) groups is 1. The van der Waals surface area contributed by atoms with Gasteiger partial charge in [0.25, 0.3) is 5.91 Å². The first kappa shape index (κ1) is 18.7. The molecular formula is C18H20FN3O2S. The number of anilines is 1. The highest BCUT2D eigenvalue weighted by atomic mass is 32.1. The lowest BCUT2D eigenvalue weighted by Gasteiger charge is -2.12. The lowest BCUT2D eigenvalue weighted by Crippen LogP contribution is -2.43. The first-order valence-corrected chi connectivity index (χ1v) is 8.35. The van der Waals surface area contributed by atoms with E-state index in [1.54, 1.807) is 42.5 Å². The number of rotatable bonds is 6. The predicted octanol–water partition coefficient (Wildman–Crippen LogP) is 3.64. The molecule has 1 amide bonds. The summed E-state index contributed by atoms with van der Waals surface area (Å²) in [5.74, 6) is -0.0795. The van der Waals surface area contributed by atoms with Crippen LogP contribution in [0.25, 0.3) is 0 Å². The molecule has 5 nitrogen and oxygen atoms in total. The Morgan fingerprint density at radius 1 is 1.12 bits per heavy atom. The minimum absolute atomic E-state index is 0.0815. The quantitative estimate of drug-likeness (QED) is 0.417. The van der Waals surface area contributed by atoms with Crippen LogP contribution in [0.4, 0.5) is 10.1 Å². The van der Waals surface area contributed by atoms with Gasteiger partial charge in [0, 0.05) is 5.56 Å². The molecule has 2 aromatic rings. The van der Waals surface area contributed by atoms with Gasteiger partial charge in [0.1, 0.15) is 11.6 Å². The van der Waals surface area contributed by atoms with Crippen LogP contribution < -0.4 is 20.9 Å². The van der Waals surface area contributed by atoms with Crippen molar-refractivity contribution in [3.63, 3.8) is 0 Å². The second-order valence-corrected chi connectivity index (χ2v) is 5.65. The van der Waals surface area contributed by atoms with Gasteiger partial charge in [-0.3, -0.25) is 15.6 Å². The van der Waals surface area contributed by atoms with Gasteiger partial charge in [-0.05, 0) is 55.0 Å². The molecule has 0 saturated carbocycles. The van der Waals surface area contributed by atoms with Crippen LogP contribution in [0.3, 0.4) is 0 Å². The Labute approximate surface area is 151 Å². The van der Waals surface area contributed by atoms with Crippen LogP contribution in [-0.4, -0.2) is 17.6 Å². The summed E-state index contributed by atoms with van der Waals surface area (Å²) >= 11 is 5.02. The van der Waals surface area contributed by atoms with Crippen LogP contribution >= 0.6 is 12.2 Å². The molecule has 7 heteroatoms. The number of unbranched alkanes of at least 4 members (excludes halogenated alkanes) is 1. The summed E-state index contributed by atoms with van der Waals surface area (Å²) < 4.78 is 19.1. The third-order valence-electron chi connectivity index (χ3n) is 3.29. The maximum atomic E-state index is 13.5. The number of hydrazine groups is 1. The number of amides is 1. The summed E-state index contributed by atoms with van der Waals surface area (Å²) in [6, 6.07) is 12.9. The monoisotopic (exact) mass is 361 g/mol. The van der Waals surface area contributed by atoms with Crippen LogP contribution in [0, 0.1) is 5.82 Å². The Morgan fingerprint density at radius 2 is 1.84 bits per heavy atom. The number of hydrogen-bond donors (Lipinski definition) is 3. The molecule has 0 unspecified atom stereocenters. The number of thiocarbonyl (C=S) groups is 1. The molecule has 3 N–H and O–H groups in total. The molecular weight excluding hydrogens is 341 g/mol. The summed E-state index contributed by atoms with van der Waals surface area (Å²) in [4.78, 5) is 12.1. The highest BCUT2D eigenvalue weighted by Crippen LogP contribution is 2.13. The maximum Gasteiger partial charge on any atom is 0.269 e. The molecule has 0 spiro atoms. The Bertz CT molecular complexity index is 723. The van der Waals surface area contributed by atoms with Gasteiger partial charge in [0.15, 0.2) is 5.11 Å². The van der Waals surface area contributed by atoms with E-state index in [-0.39, 0.29) is 16.7 Å². The number of carbonyl (C=O) groups excluding carboxylic acids is 1.